The largest absolute Gasteiger partial charge is 0.481 e. The molecule has 1 N–H and O–H groups in total. The molecule has 1 fully saturated rings. The van der Waals surface area contributed by atoms with Gasteiger partial charge in [0, 0.05) is 19.6 Å². The van der Waals surface area contributed by atoms with E-state index in [1.165, 1.54) is 39.0 Å². The van der Waals surface area contributed by atoms with Gasteiger partial charge in [0.1, 0.15) is 0 Å². The van der Waals surface area contributed by atoms with Gasteiger partial charge in [-0.2, -0.15) is 0 Å². The van der Waals surface area contributed by atoms with Crippen molar-refractivity contribution in [3.8, 4) is 0 Å². The number of aliphatic carboxylic acids is 1. The molecule has 172 valence electrons. The van der Waals surface area contributed by atoms with E-state index < -0.39 is 5.97 Å². The van der Waals surface area contributed by atoms with Crippen LogP contribution in [-0.2, 0) is 30.5 Å². The highest BCUT2D eigenvalue weighted by atomic mass is 35.5. The second-order valence-corrected chi connectivity index (χ2v) is 9.86. The molecule has 3 nitrogen and oxygen atoms in total. The number of carboxylic acid groups (broad SMARTS) is 1. The van der Waals surface area contributed by atoms with Crippen LogP contribution in [0.2, 0.25) is 0 Å². The Morgan fingerprint density at radius 2 is 1.62 bits per heavy atom. The minimum atomic E-state index is -0.657. The number of rotatable bonds is 8. The first-order valence-corrected chi connectivity index (χ1v) is 11.7. The van der Waals surface area contributed by atoms with E-state index in [4.69, 9.17) is 5.11 Å². The maximum Gasteiger partial charge on any atom is 0.309 e. The van der Waals surface area contributed by atoms with Crippen molar-refractivity contribution in [2.75, 3.05) is 19.6 Å². The Labute approximate surface area is 198 Å². The molecule has 0 aromatic heterocycles. The molecule has 0 radical (unpaired) electrons. The fourth-order valence-corrected chi connectivity index (χ4v) is 4.96. The van der Waals surface area contributed by atoms with Crippen molar-refractivity contribution in [3.63, 3.8) is 0 Å². The number of fused-ring (bicyclic) bond motifs is 1. The molecule has 1 aliphatic heterocycles. The van der Waals surface area contributed by atoms with Crippen molar-refractivity contribution in [2.24, 2.45) is 11.8 Å². The number of nitrogens with zero attached hydrogens (tertiary/aromatic N) is 1. The summed E-state index contributed by atoms with van der Waals surface area (Å²) in [4.78, 5) is 13.3. The van der Waals surface area contributed by atoms with E-state index in [0.717, 1.165) is 38.6 Å². The molecule has 0 saturated carbocycles. The van der Waals surface area contributed by atoms with E-state index in [0.29, 0.717) is 19.0 Å². The average molecular weight is 454 g/mol. The predicted molar refractivity (Wildman–Crippen MR) is 135 cm³/mol. The monoisotopic (exact) mass is 453 g/mol. The number of aryl methyl sites for hydroxylation is 3. The molecule has 1 saturated heterocycles. The summed E-state index contributed by atoms with van der Waals surface area (Å²) in [6.45, 7) is 9.07. The lowest BCUT2D eigenvalue weighted by atomic mass is 9.84. The number of hydrogen-bond acceptors (Lipinski definition) is 2. The van der Waals surface area contributed by atoms with E-state index in [9.17, 15) is 4.79 Å². The highest BCUT2D eigenvalue weighted by Crippen LogP contribution is 2.33. The lowest BCUT2D eigenvalue weighted by molar-refractivity contribution is -0.147. The fourth-order valence-electron chi connectivity index (χ4n) is 4.96. The number of carbonyl (C=O) groups is 1. The number of halogens is 1. The molecule has 0 unspecified atom stereocenters. The van der Waals surface area contributed by atoms with Crippen LogP contribution in [0.4, 0.5) is 0 Å². The quantitative estimate of drug-likeness (QED) is 0.546. The lowest BCUT2D eigenvalue weighted by Crippen LogP contribution is -2.50. The van der Waals surface area contributed by atoms with E-state index in [2.05, 4.69) is 68.1 Å². The zero-order valence-corrected chi connectivity index (χ0v) is 20.4. The molecular formula is C28H36ClNO2. The van der Waals surface area contributed by atoms with Gasteiger partial charge in [-0.05, 0) is 78.3 Å². The highest BCUT2D eigenvalue weighted by Gasteiger charge is 2.33. The summed E-state index contributed by atoms with van der Waals surface area (Å²) in [6.07, 6.45) is 5.50. The number of benzene rings is 2. The van der Waals surface area contributed by atoms with Crippen LogP contribution < -0.4 is 0 Å². The van der Waals surface area contributed by atoms with E-state index in [1.54, 1.807) is 0 Å². The molecular weight excluding hydrogens is 418 g/mol. The van der Waals surface area contributed by atoms with Gasteiger partial charge in [0.05, 0.1) is 5.92 Å². The molecule has 32 heavy (non-hydrogen) atoms. The zero-order valence-electron chi connectivity index (χ0n) is 19.6. The lowest BCUT2D eigenvalue weighted by Gasteiger charge is -2.38. The third-order valence-electron chi connectivity index (χ3n) is 6.89. The summed E-state index contributed by atoms with van der Waals surface area (Å²) in [5, 5.41) is 9.09. The normalized spacial score (nSPS) is 16.5. The number of carboxylic acids is 1. The molecule has 0 spiro atoms. The first kappa shape index (κ1) is 24.5. The molecule has 1 aliphatic carbocycles. The molecule has 4 rings (SSSR count). The maximum absolute atomic E-state index is 11.0. The van der Waals surface area contributed by atoms with Crippen molar-refractivity contribution in [1.29, 1.82) is 0 Å². The maximum atomic E-state index is 11.0. The summed E-state index contributed by atoms with van der Waals surface area (Å²) >= 11 is 0. The Bertz CT molecular complexity index is 971. The summed E-state index contributed by atoms with van der Waals surface area (Å²) in [5.74, 6) is -0.132. The van der Waals surface area contributed by atoms with E-state index in [-0.39, 0.29) is 18.3 Å². The fraction of sp³-hybridized carbons (Fsp3) is 0.464. The van der Waals surface area contributed by atoms with Gasteiger partial charge in [-0.3, -0.25) is 9.69 Å². The van der Waals surface area contributed by atoms with Gasteiger partial charge in [0.15, 0.2) is 0 Å². The number of allylic oxidation sites excluding steroid dienone is 1. The summed E-state index contributed by atoms with van der Waals surface area (Å²) < 4.78 is 0. The van der Waals surface area contributed by atoms with Gasteiger partial charge in [0.25, 0.3) is 0 Å². The van der Waals surface area contributed by atoms with Crippen molar-refractivity contribution >= 4 is 23.9 Å². The van der Waals surface area contributed by atoms with Crippen molar-refractivity contribution < 1.29 is 9.90 Å². The van der Waals surface area contributed by atoms with Crippen LogP contribution in [0.1, 0.15) is 55.0 Å². The van der Waals surface area contributed by atoms with Crippen LogP contribution in [0.3, 0.4) is 0 Å². The van der Waals surface area contributed by atoms with Gasteiger partial charge < -0.3 is 5.11 Å². The van der Waals surface area contributed by atoms with E-state index in [1.807, 2.05) is 0 Å². The van der Waals surface area contributed by atoms with Crippen molar-refractivity contribution in [1.82, 2.24) is 4.90 Å². The molecule has 2 aliphatic rings. The van der Waals surface area contributed by atoms with Gasteiger partial charge in [-0.1, -0.05) is 61.9 Å². The molecule has 0 bridgehead atoms. The molecule has 4 heteroatoms. The van der Waals surface area contributed by atoms with Gasteiger partial charge in [-0.25, -0.2) is 0 Å². The number of likely N-dealkylation sites (tertiary alicyclic amines) is 1. The van der Waals surface area contributed by atoms with Crippen molar-refractivity contribution in [3.05, 3.63) is 75.9 Å². The van der Waals surface area contributed by atoms with E-state index >= 15 is 0 Å². The standard InChI is InChI=1S/C28H35NO2.ClH/c1-19(2)14-22-7-4-21(5-8-22)6-9-23-10-13-27-20(3)25(12-11-24(27)15-23)16-29-17-26(18-29)28(30)31;/h4-5,7-8,10,13,15,19,26H,6,9,11-12,14,16-18H2,1-3H3,(H,30,31);1H. The van der Waals surface area contributed by atoms with Crippen LogP contribution in [0.25, 0.3) is 5.57 Å². The second-order valence-electron chi connectivity index (χ2n) is 9.86. The zero-order chi connectivity index (χ0) is 22.0. The highest BCUT2D eigenvalue weighted by molar-refractivity contribution is 5.85. The summed E-state index contributed by atoms with van der Waals surface area (Å²) in [6, 6.07) is 16.2. The van der Waals surface area contributed by atoms with Crippen LogP contribution in [0.15, 0.2) is 48.0 Å². The minimum Gasteiger partial charge on any atom is -0.481 e. The first-order valence-electron chi connectivity index (χ1n) is 11.7. The number of hydrogen-bond donors (Lipinski definition) is 1. The van der Waals surface area contributed by atoms with Crippen molar-refractivity contribution in [2.45, 2.75) is 52.9 Å². The van der Waals surface area contributed by atoms with Crippen LogP contribution in [0.5, 0.6) is 0 Å². The Kier molecular flexibility index (Phi) is 8.19. The third-order valence-corrected chi connectivity index (χ3v) is 6.89. The Hall–Kier alpha value is -2.10. The Morgan fingerprint density at radius 3 is 2.28 bits per heavy atom. The Balaban J connectivity index is 0.00000289. The predicted octanol–water partition coefficient (Wildman–Crippen LogP) is 5.83. The molecule has 0 amide bonds. The smallest absolute Gasteiger partial charge is 0.309 e. The molecule has 0 atom stereocenters. The average Bonchev–Trinajstić information content (AvgIpc) is 2.70. The summed E-state index contributed by atoms with van der Waals surface area (Å²) in [5.41, 5.74) is 10.0. The third kappa shape index (κ3) is 5.82. The molecule has 1 heterocycles. The van der Waals surface area contributed by atoms with Crippen LogP contribution in [-0.4, -0.2) is 35.6 Å². The van der Waals surface area contributed by atoms with Gasteiger partial charge in [-0.15, -0.1) is 12.4 Å². The summed E-state index contributed by atoms with van der Waals surface area (Å²) in [7, 11) is 0. The van der Waals surface area contributed by atoms with Gasteiger partial charge in [0.2, 0.25) is 0 Å². The SMILES string of the molecule is CC1=C(CN2CC(C(=O)O)C2)CCc2cc(CCc3ccc(CC(C)C)cc3)ccc21.Cl. The topological polar surface area (TPSA) is 40.5 Å². The second kappa shape index (κ2) is 10.7. The van der Waals surface area contributed by atoms with Crippen LogP contribution in [0, 0.1) is 11.8 Å². The Morgan fingerprint density at radius 1 is 1.00 bits per heavy atom. The van der Waals surface area contributed by atoms with Crippen LogP contribution >= 0.6 is 12.4 Å². The first-order chi connectivity index (χ1) is 14.9. The minimum absolute atomic E-state index is 0. The molecule has 2 aromatic rings. The molecule has 2 aromatic carbocycles. The van der Waals surface area contributed by atoms with Gasteiger partial charge >= 0.3 is 5.97 Å².